The molecule has 0 heterocycles. The number of carbonyl (C=O) groups excluding carboxylic acids is 4. The summed E-state index contributed by atoms with van der Waals surface area (Å²) in [5.41, 5.74) is 0. The summed E-state index contributed by atoms with van der Waals surface area (Å²) in [5.74, 6) is -1.23. The van der Waals surface area contributed by atoms with Gasteiger partial charge in [0, 0.05) is 25.7 Å². The van der Waals surface area contributed by atoms with E-state index in [9.17, 15) is 43.2 Å². The molecule has 0 aromatic carbocycles. The van der Waals surface area contributed by atoms with Gasteiger partial charge in [-0.05, 0) is 31.6 Å². The third-order valence-corrected chi connectivity index (χ3v) is 22.8. The third kappa shape index (κ3) is 78.7. The van der Waals surface area contributed by atoms with E-state index in [0.717, 1.165) is 95.8 Å². The number of aliphatic hydroxyl groups is 1. The fourth-order valence-electron chi connectivity index (χ4n) is 13.6. The Balaban J connectivity index is 5.22. The zero-order valence-corrected chi connectivity index (χ0v) is 71.4. The van der Waals surface area contributed by atoms with Gasteiger partial charge in [-0.2, -0.15) is 0 Å². The van der Waals surface area contributed by atoms with Crippen molar-refractivity contribution in [2.45, 2.75) is 490 Å². The van der Waals surface area contributed by atoms with Crippen LogP contribution in [0.15, 0.2) is 0 Å². The summed E-state index contributed by atoms with van der Waals surface area (Å²) >= 11 is 0. The molecule has 19 heteroatoms. The molecule has 0 bridgehead atoms. The van der Waals surface area contributed by atoms with Crippen molar-refractivity contribution >= 4 is 39.5 Å². The van der Waals surface area contributed by atoms with Crippen LogP contribution in [0.5, 0.6) is 0 Å². The minimum Gasteiger partial charge on any atom is -0.462 e. The number of unbranched alkanes of at least 4 members (excludes halogenated alkanes) is 58. The number of hydrogen-bond acceptors (Lipinski definition) is 15. The molecule has 0 aliphatic heterocycles. The highest BCUT2D eigenvalue weighted by molar-refractivity contribution is 7.47. The third-order valence-electron chi connectivity index (χ3n) is 20.9. The van der Waals surface area contributed by atoms with Crippen LogP contribution in [-0.2, 0) is 65.4 Å². The van der Waals surface area contributed by atoms with Crippen LogP contribution < -0.4 is 0 Å². The van der Waals surface area contributed by atoms with Gasteiger partial charge in [0.2, 0.25) is 0 Å². The second-order valence-electron chi connectivity index (χ2n) is 31.5. The maximum absolute atomic E-state index is 13.2. The van der Waals surface area contributed by atoms with Gasteiger partial charge in [0.25, 0.3) is 0 Å². The van der Waals surface area contributed by atoms with E-state index in [-0.39, 0.29) is 25.7 Å². The SMILES string of the molecule is CCCCCCCCCCCCCCCCCCCCC(=O)OC[C@H](COP(=O)(O)OC[C@@H](O)COP(=O)(O)OC[C@@H](COC(=O)CCCCCCCCCCCC)OC(=O)CCCCCCCCCCCCCCCCCC)OC(=O)CCCCCCCCCCCCCCCCCCCCC(C)CC. The second-order valence-corrected chi connectivity index (χ2v) is 34.4. The van der Waals surface area contributed by atoms with Gasteiger partial charge in [-0.25, -0.2) is 9.13 Å². The molecule has 630 valence electrons. The van der Waals surface area contributed by atoms with Crippen molar-refractivity contribution in [3.63, 3.8) is 0 Å². The van der Waals surface area contributed by atoms with E-state index >= 15 is 0 Å². The van der Waals surface area contributed by atoms with Crippen molar-refractivity contribution in [3.8, 4) is 0 Å². The van der Waals surface area contributed by atoms with E-state index in [0.29, 0.717) is 25.7 Å². The molecule has 0 rings (SSSR count). The molecule has 0 aromatic heterocycles. The molecule has 0 aliphatic carbocycles. The Labute approximate surface area is 651 Å². The largest absolute Gasteiger partial charge is 0.472 e. The van der Waals surface area contributed by atoms with Crippen LogP contribution in [0.2, 0.25) is 0 Å². The van der Waals surface area contributed by atoms with Crippen molar-refractivity contribution in [1.29, 1.82) is 0 Å². The van der Waals surface area contributed by atoms with Gasteiger partial charge < -0.3 is 33.8 Å². The number of phosphoric ester groups is 2. The van der Waals surface area contributed by atoms with Crippen molar-refractivity contribution in [1.82, 2.24) is 0 Å². The lowest BCUT2D eigenvalue weighted by atomic mass is 9.99. The number of esters is 4. The van der Waals surface area contributed by atoms with Crippen LogP contribution in [0.1, 0.15) is 471 Å². The Morgan fingerprint density at radius 3 is 0.670 bits per heavy atom. The van der Waals surface area contributed by atoms with Crippen LogP contribution >= 0.6 is 15.6 Å². The normalized spacial score (nSPS) is 14.0. The topological polar surface area (TPSA) is 237 Å². The molecule has 0 radical (unpaired) electrons. The molecule has 0 amide bonds. The summed E-state index contributed by atoms with van der Waals surface area (Å²) in [5, 5.41) is 10.7. The van der Waals surface area contributed by atoms with Crippen LogP contribution in [0.4, 0.5) is 0 Å². The van der Waals surface area contributed by atoms with Crippen molar-refractivity contribution in [2.75, 3.05) is 39.6 Å². The lowest BCUT2D eigenvalue weighted by molar-refractivity contribution is -0.161. The number of rotatable bonds is 87. The number of aliphatic hydroxyl groups excluding tert-OH is 1. The summed E-state index contributed by atoms with van der Waals surface area (Å²) in [6.07, 6.45) is 73.5. The molecule has 0 saturated heterocycles. The molecule has 6 atom stereocenters. The Bertz CT molecular complexity index is 2020. The lowest BCUT2D eigenvalue weighted by Gasteiger charge is -2.21. The first kappa shape index (κ1) is 104. The van der Waals surface area contributed by atoms with Gasteiger partial charge >= 0.3 is 39.5 Å². The first-order chi connectivity index (χ1) is 51.6. The highest BCUT2D eigenvalue weighted by atomic mass is 31.2. The second kappa shape index (κ2) is 79.7. The molecule has 17 nitrogen and oxygen atoms in total. The summed E-state index contributed by atoms with van der Waals surface area (Å²) < 4.78 is 68.9. The van der Waals surface area contributed by atoms with E-state index < -0.39 is 97.5 Å². The van der Waals surface area contributed by atoms with E-state index in [1.54, 1.807) is 0 Å². The maximum Gasteiger partial charge on any atom is 0.472 e. The van der Waals surface area contributed by atoms with E-state index in [2.05, 4.69) is 34.6 Å². The molecule has 3 unspecified atom stereocenters. The van der Waals surface area contributed by atoms with Crippen molar-refractivity contribution in [3.05, 3.63) is 0 Å². The number of phosphoric acid groups is 2. The van der Waals surface area contributed by atoms with E-state index in [1.807, 2.05) is 0 Å². The standard InChI is InChI=1S/C87H170O17P2/c1-6-10-13-16-19-22-25-27-29-31-35-39-42-46-51-56-61-66-71-85(90)98-77-83(104-87(92)73-68-63-58-53-48-44-40-36-33-32-34-37-41-45-49-54-59-64-69-80(5)9-4)79-102-106(95,96)100-75-81(88)74-99-105(93,94)101-78-82(76-97-84(89)70-65-60-55-50-24-21-18-15-12-8-3)103-86(91)72-67-62-57-52-47-43-38-30-28-26-23-20-17-14-11-7-2/h80-83,88H,6-79H2,1-5H3,(H,93,94)(H,95,96)/t80?,81-,82+,83+/m0/s1. The van der Waals surface area contributed by atoms with E-state index in [1.165, 1.54) is 295 Å². The fraction of sp³-hybridized carbons (Fsp3) is 0.954. The molecule has 3 N–H and O–H groups in total. The summed E-state index contributed by atoms with van der Waals surface area (Å²) in [6, 6.07) is 0. The zero-order valence-electron chi connectivity index (χ0n) is 69.6. The minimum absolute atomic E-state index is 0.109. The van der Waals surface area contributed by atoms with Crippen molar-refractivity contribution in [2.24, 2.45) is 5.92 Å². The van der Waals surface area contributed by atoms with Crippen LogP contribution in [0.3, 0.4) is 0 Å². The molecule has 0 aromatic rings. The Morgan fingerprint density at radius 2 is 0.453 bits per heavy atom. The highest BCUT2D eigenvalue weighted by Gasteiger charge is 2.30. The lowest BCUT2D eigenvalue weighted by Crippen LogP contribution is -2.30. The predicted molar refractivity (Wildman–Crippen MR) is 437 cm³/mol. The molecular formula is C87H170O17P2. The minimum atomic E-state index is -4.97. The van der Waals surface area contributed by atoms with Gasteiger partial charge in [-0.1, -0.05) is 420 Å². The fourth-order valence-corrected chi connectivity index (χ4v) is 15.2. The summed E-state index contributed by atoms with van der Waals surface area (Å²) in [6.45, 7) is 7.43. The predicted octanol–water partition coefficient (Wildman–Crippen LogP) is 26.8. The average molecular weight is 1550 g/mol. The van der Waals surface area contributed by atoms with Crippen LogP contribution in [0, 0.1) is 5.92 Å². The van der Waals surface area contributed by atoms with Gasteiger partial charge in [0.05, 0.1) is 26.4 Å². The van der Waals surface area contributed by atoms with Gasteiger partial charge in [-0.3, -0.25) is 37.3 Å². The Hall–Kier alpha value is -1.94. The first-order valence-electron chi connectivity index (χ1n) is 45.2. The molecule has 0 aliphatic rings. The smallest absolute Gasteiger partial charge is 0.462 e. The summed E-state index contributed by atoms with van der Waals surface area (Å²) in [4.78, 5) is 73.2. The number of carbonyl (C=O) groups is 4. The monoisotopic (exact) mass is 1550 g/mol. The maximum atomic E-state index is 13.2. The molecule has 0 saturated carbocycles. The van der Waals surface area contributed by atoms with Gasteiger partial charge in [-0.15, -0.1) is 0 Å². The quantitative estimate of drug-likeness (QED) is 0.0222. The van der Waals surface area contributed by atoms with Crippen molar-refractivity contribution < 1.29 is 80.2 Å². The van der Waals surface area contributed by atoms with Crippen LogP contribution in [0.25, 0.3) is 0 Å². The highest BCUT2D eigenvalue weighted by Crippen LogP contribution is 2.45. The zero-order chi connectivity index (χ0) is 77.6. The van der Waals surface area contributed by atoms with E-state index in [4.69, 9.17) is 37.0 Å². The summed E-state index contributed by atoms with van der Waals surface area (Å²) in [7, 11) is -9.93. The number of hydrogen-bond donors (Lipinski definition) is 3. The molecular weight excluding hydrogens is 1380 g/mol. The first-order valence-corrected chi connectivity index (χ1v) is 48.2. The molecule has 0 spiro atoms. The van der Waals surface area contributed by atoms with Gasteiger partial charge in [0.15, 0.2) is 12.2 Å². The Kier molecular flexibility index (Phi) is 78.2. The molecule has 106 heavy (non-hydrogen) atoms. The number of ether oxygens (including phenoxy) is 4. The molecule has 0 fully saturated rings. The van der Waals surface area contributed by atoms with Crippen LogP contribution in [-0.4, -0.2) is 96.7 Å². The average Bonchev–Trinajstić information content (AvgIpc) is 0.901. The van der Waals surface area contributed by atoms with Gasteiger partial charge in [0.1, 0.15) is 19.3 Å². The Morgan fingerprint density at radius 1 is 0.264 bits per heavy atom.